The maximum Gasteiger partial charge on any atom is 0.497 e. The first kappa shape index (κ1) is 9.50. The summed E-state index contributed by atoms with van der Waals surface area (Å²) in [6.45, 7) is 0. The number of nitrogens with one attached hydrogen (secondary N) is 1. The van der Waals surface area contributed by atoms with Crippen LogP contribution in [-0.4, -0.2) is 17.5 Å². The molecule has 0 atom stereocenters. The predicted octanol–water partition coefficient (Wildman–Crippen LogP) is 1.52. The molecule has 0 aliphatic carbocycles. The standard InChI is InChI=1S/C7H6F3N3/c8-7(9,10)13-12-5-6-1-3-11-4-2-6/h1-5,13H/b12-5+. The summed E-state index contributed by atoms with van der Waals surface area (Å²) in [5.74, 6) is 0. The minimum atomic E-state index is -4.48. The summed E-state index contributed by atoms with van der Waals surface area (Å²) in [6, 6.07) is 3.09. The van der Waals surface area contributed by atoms with Crippen molar-refractivity contribution < 1.29 is 13.2 Å². The van der Waals surface area contributed by atoms with Gasteiger partial charge in [0.1, 0.15) is 0 Å². The van der Waals surface area contributed by atoms with Gasteiger partial charge in [-0.25, -0.2) is 5.43 Å². The van der Waals surface area contributed by atoms with E-state index < -0.39 is 6.30 Å². The molecule has 0 spiro atoms. The Morgan fingerprint density at radius 2 is 1.92 bits per heavy atom. The van der Waals surface area contributed by atoms with Crippen molar-refractivity contribution >= 4 is 6.21 Å². The highest BCUT2D eigenvalue weighted by Gasteiger charge is 2.25. The minimum Gasteiger partial charge on any atom is -0.265 e. The fourth-order valence-corrected chi connectivity index (χ4v) is 0.630. The average molecular weight is 189 g/mol. The van der Waals surface area contributed by atoms with Crippen molar-refractivity contribution in [3.8, 4) is 0 Å². The zero-order valence-electron chi connectivity index (χ0n) is 6.42. The second kappa shape index (κ2) is 3.88. The van der Waals surface area contributed by atoms with E-state index >= 15 is 0 Å². The minimum absolute atomic E-state index is 0.548. The highest BCUT2D eigenvalue weighted by molar-refractivity contribution is 5.78. The molecule has 1 heterocycles. The van der Waals surface area contributed by atoms with Crippen LogP contribution in [0, 0.1) is 0 Å². The number of halogens is 3. The first-order valence-corrected chi connectivity index (χ1v) is 3.35. The number of alkyl halides is 3. The van der Waals surface area contributed by atoms with Crippen LogP contribution >= 0.6 is 0 Å². The van der Waals surface area contributed by atoms with Gasteiger partial charge in [-0.15, -0.1) is 13.2 Å². The third-order valence-corrected chi connectivity index (χ3v) is 1.11. The molecule has 3 nitrogen and oxygen atoms in total. The Bertz CT molecular complexity index is 281. The molecule has 1 aromatic rings. The Morgan fingerprint density at radius 3 is 2.46 bits per heavy atom. The number of rotatable bonds is 2. The highest BCUT2D eigenvalue weighted by Crippen LogP contribution is 2.08. The SMILES string of the molecule is FC(F)(F)N/N=C/c1ccncc1. The van der Waals surface area contributed by atoms with E-state index in [0.29, 0.717) is 5.56 Å². The summed E-state index contributed by atoms with van der Waals surface area (Å²) >= 11 is 0. The van der Waals surface area contributed by atoms with Gasteiger partial charge >= 0.3 is 6.30 Å². The molecule has 70 valence electrons. The first-order valence-electron chi connectivity index (χ1n) is 3.35. The fourth-order valence-electron chi connectivity index (χ4n) is 0.630. The Hall–Kier alpha value is -1.59. The quantitative estimate of drug-likeness (QED) is 0.435. The van der Waals surface area contributed by atoms with Crippen LogP contribution in [0.1, 0.15) is 5.56 Å². The van der Waals surface area contributed by atoms with Crippen LogP contribution in [0.3, 0.4) is 0 Å². The van der Waals surface area contributed by atoms with Crippen molar-refractivity contribution in [2.24, 2.45) is 5.10 Å². The molecule has 0 saturated carbocycles. The Morgan fingerprint density at radius 1 is 1.31 bits per heavy atom. The predicted molar refractivity (Wildman–Crippen MR) is 41.0 cm³/mol. The van der Waals surface area contributed by atoms with Gasteiger partial charge in [0, 0.05) is 12.4 Å². The Kier molecular flexibility index (Phi) is 2.84. The lowest BCUT2D eigenvalue weighted by molar-refractivity contribution is -0.156. The topological polar surface area (TPSA) is 37.3 Å². The average Bonchev–Trinajstić information content (AvgIpc) is 2.04. The summed E-state index contributed by atoms with van der Waals surface area (Å²) in [7, 11) is 0. The normalized spacial score (nSPS) is 11.9. The number of nitrogens with zero attached hydrogens (tertiary/aromatic N) is 2. The van der Waals surface area contributed by atoms with Crippen molar-refractivity contribution in [2.45, 2.75) is 6.30 Å². The zero-order chi connectivity index (χ0) is 9.73. The molecule has 0 aliphatic heterocycles. The van der Waals surface area contributed by atoms with Crippen LogP contribution in [0.25, 0.3) is 0 Å². The second-order valence-corrected chi connectivity index (χ2v) is 2.15. The van der Waals surface area contributed by atoms with Gasteiger partial charge in [0.15, 0.2) is 0 Å². The van der Waals surface area contributed by atoms with Gasteiger partial charge in [0.05, 0.1) is 6.21 Å². The Balaban J connectivity index is 2.51. The van der Waals surface area contributed by atoms with E-state index in [1.54, 1.807) is 12.1 Å². The fraction of sp³-hybridized carbons (Fsp3) is 0.143. The van der Waals surface area contributed by atoms with Crippen molar-refractivity contribution in [1.82, 2.24) is 10.4 Å². The summed E-state index contributed by atoms with van der Waals surface area (Å²) in [6.07, 6.45) is -0.484. The molecule has 0 fully saturated rings. The van der Waals surface area contributed by atoms with Gasteiger partial charge in [-0.2, -0.15) is 5.10 Å². The molecule has 6 heteroatoms. The van der Waals surface area contributed by atoms with Crippen molar-refractivity contribution in [2.75, 3.05) is 0 Å². The van der Waals surface area contributed by atoms with Gasteiger partial charge in [-0.1, -0.05) is 0 Å². The smallest absolute Gasteiger partial charge is 0.265 e. The number of hydrogen-bond donors (Lipinski definition) is 1. The van der Waals surface area contributed by atoms with E-state index in [1.807, 2.05) is 0 Å². The third kappa shape index (κ3) is 4.09. The monoisotopic (exact) mass is 189 g/mol. The molecule has 0 bridgehead atoms. The van der Waals surface area contributed by atoms with Crippen molar-refractivity contribution in [1.29, 1.82) is 0 Å². The molecule has 0 amide bonds. The maximum atomic E-state index is 11.5. The van der Waals surface area contributed by atoms with Gasteiger partial charge in [-0.05, 0) is 17.7 Å². The summed E-state index contributed by atoms with van der Waals surface area (Å²) in [5.41, 5.74) is 1.57. The highest BCUT2D eigenvalue weighted by atomic mass is 19.4. The molecular formula is C7H6F3N3. The zero-order valence-corrected chi connectivity index (χ0v) is 6.42. The Labute approximate surface area is 72.3 Å². The van der Waals surface area contributed by atoms with Crippen LogP contribution in [0.15, 0.2) is 29.6 Å². The molecule has 0 saturated heterocycles. The van der Waals surface area contributed by atoms with Gasteiger partial charge in [-0.3, -0.25) is 4.98 Å². The van der Waals surface area contributed by atoms with Crippen molar-refractivity contribution in [3.63, 3.8) is 0 Å². The molecule has 0 unspecified atom stereocenters. The van der Waals surface area contributed by atoms with E-state index in [9.17, 15) is 13.2 Å². The summed E-state index contributed by atoms with van der Waals surface area (Å²) < 4.78 is 34.6. The number of pyridine rings is 1. The number of hydrogen-bond acceptors (Lipinski definition) is 3. The van der Waals surface area contributed by atoms with Gasteiger partial charge < -0.3 is 0 Å². The molecule has 1 rings (SSSR count). The lowest BCUT2D eigenvalue weighted by atomic mass is 10.3. The van der Waals surface area contributed by atoms with Crippen LogP contribution in [0.2, 0.25) is 0 Å². The number of aromatic nitrogens is 1. The lowest BCUT2D eigenvalue weighted by Crippen LogP contribution is -2.26. The molecule has 0 radical (unpaired) electrons. The maximum absolute atomic E-state index is 11.5. The molecule has 1 N–H and O–H groups in total. The molecule has 1 aromatic heterocycles. The molecule has 0 aromatic carbocycles. The number of hydrazone groups is 1. The summed E-state index contributed by atoms with van der Waals surface area (Å²) in [4.78, 5) is 3.70. The van der Waals surface area contributed by atoms with Crippen LogP contribution in [0.5, 0.6) is 0 Å². The second-order valence-electron chi connectivity index (χ2n) is 2.15. The molecular weight excluding hydrogens is 183 g/mol. The van der Waals surface area contributed by atoms with E-state index in [0.717, 1.165) is 11.6 Å². The van der Waals surface area contributed by atoms with Crippen LogP contribution < -0.4 is 5.43 Å². The third-order valence-electron chi connectivity index (χ3n) is 1.11. The molecule has 0 aliphatic rings. The first-order chi connectivity index (χ1) is 6.08. The van der Waals surface area contributed by atoms with Gasteiger partial charge in [0.25, 0.3) is 0 Å². The lowest BCUT2D eigenvalue weighted by Gasteiger charge is -2.02. The molecule has 13 heavy (non-hydrogen) atoms. The van der Waals surface area contributed by atoms with E-state index in [2.05, 4.69) is 10.1 Å². The summed E-state index contributed by atoms with van der Waals surface area (Å²) in [5, 5.41) is 2.99. The van der Waals surface area contributed by atoms with Crippen LogP contribution in [0.4, 0.5) is 13.2 Å². The van der Waals surface area contributed by atoms with E-state index in [-0.39, 0.29) is 0 Å². The van der Waals surface area contributed by atoms with Crippen molar-refractivity contribution in [3.05, 3.63) is 30.1 Å². The largest absolute Gasteiger partial charge is 0.497 e. The van der Waals surface area contributed by atoms with E-state index in [1.165, 1.54) is 12.4 Å². The van der Waals surface area contributed by atoms with Gasteiger partial charge in [0.2, 0.25) is 0 Å². The van der Waals surface area contributed by atoms with E-state index in [4.69, 9.17) is 0 Å². The van der Waals surface area contributed by atoms with Crippen LogP contribution in [-0.2, 0) is 0 Å².